The third-order valence-electron chi connectivity index (χ3n) is 2.40. The highest BCUT2D eigenvalue weighted by Gasteiger charge is 2.11. The van der Waals surface area contributed by atoms with Gasteiger partial charge in [0.2, 0.25) is 0 Å². The maximum atomic E-state index is 13.2. The standard InChI is InChI=1S/C12H14FN3/c1-3-14-12-11(8(2)15-16-12)9-5-4-6-10(13)7-9/h4-7H,3H2,1-2H3,(H2,14,15,16). The molecule has 0 radical (unpaired) electrons. The molecule has 0 unspecified atom stereocenters. The lowest BCUT2D eigenvalue weighted by Gasteiger charge is -2.05. The molecular formula is C12H14FN3. The first kappa shape index (κ1) is 10.7. The topological polar surface area (TPSA) is 40.7 Å². The van der Waals surface area contributed by atoms with Crippen molar-refractivity contribution in [3.63, 3.8) is 0 Å². The molecule has 1 aromatic heterocycles. The Labute approximate surface area is 93.7 Å². The molecule has 0 saturated heterocycles. The van der Waals surface area contributed by atoms with Crippen molar-refractivity contribution in [2.75, 3.05) is 11.9 Å². The van der Waals surface area contributed by atoms with Gasteiger partial charge in [-0.25, -0.2) is 4.39 Å². The Kier molecular flexibility index (Phi) is 2.90. The van der Waals surface area contributed by atoms with Crippen molar-refractivity contribution in [2.24, 2.45) is 0 Å². The fourth-order valence-electron chi connectivity index (χ4n) is 1.72. The summed E-state index contributed by atoms with van der Waals surface area (Å²) in [5.41, 5.74) is 2.70. The van der Waals surface area contributed by atoms with Gasteiger partial charge in [-0.2, -0.15) is 5.10 Å². The lowest BCUT2D eigenvalue weighted by molar-refractivity contribution is 0.628. The molecule has 0 saturated carbocycles. The van der Waals surface area contributed by atoms with Gasteiger partial charge in [-0.3, -0.25) is 5.10 Å². The summed E-state index contributed by atoms with van der Waals surface area (Å²) in [6.45, 7) is 4.71. The lowest BCUT2D eigenvalue weighted by Crippen LogP contribution is -1.98. The number of H-pyrrole nitrogens is 1. The Morgan fingerprint density at radius 3 is 2.94 bits per heavy atom. The minimum Gasteiger partial charge on any atom is -0.368 e. The summed E-state index contributed by atoms with van der Waals surface area (Å²) >= 11 is 0. The first-order chi connectivity index (χ1) is 7.72. The van der Waals surface area contributed by atoms with E-state index in [1.54, 1.807) is 6.07 Å². The second-order valence-corrected chi connectivity index (χ2v) is 3.61. The highest BCUT2D eigenvalue weighted by molar-refractivity contribution is 5.77. The quantitative estimate of drug-likeness (QED) is 0.833. The van der Waals surface area contributed by atoms with Crippen LogP contribution in [0.15, 0.2) is 24.3 Å². The van der Waals surface area contributed by atoms with E-state index in [4.69, 9.17) is 0 Å². The Morgan fingerprint density at radius 2 is 2.25 bits per heavy atom. The van der Waals surface area contributed by atoms with Crippen LogP contribution in [0.3, 0.4) is 0 Å². The van der Waals surface area contributed by atoms with E-state index in [0.717, 1.165) is 29.2 Å². The molecule has 0 aliphatic rings. The molecular weight excluding hydrogens is 205 g/mol. The molecule has 0 aliphatic heterocycles. The molecule has 3 nitrogen and oxygen atoms in total. The molecule has 0 bridgehead atoms. The van der Waals surface area contributed by atoms with Gasteiger partial charge in [0.25, 0.3) is 0 Å². The second kappa shape index (κ2) is 4.35. The molecule has 0 amide bonds. The molecule has 1 aromatic carbocycles. The molecule has 2 rings (SSSR count). The summed E-state index contributed by atoms with van der Waals surface area (Å²) < 4.78 is 13.2. The van der Waals surface area contributed by atoms with Crippen LogP contribution in [0.25, 0.3) is 11.1 Å². The van der Waals surface area contributed by atoms with Crippen molar-refractivity contribution in [1.82, 2.24) is 10.2 Å². The van der Waals surface area contributed by atoms with Crippen molar-refractivity contribution in [3.8, 4) is 11.1 Å². The smallest absolute Gasteiger partial charge is 0.155 e. The van der Waals surface area contributed by atoms with Crippen molar-refractivity contribution in [2.45, 2.75) is 13.8 Å². The van der Waals surface area contributed by atoms with Gasteiger partial charge in [0, 0.05) is 17.8 Å². The van der Waals surface area contributed by atoms with Crippen LogP contribution in [0, 0.1) is 12.7 Å². The van der Waals surface area contributed by atoms with Gasteiger partial charge >= 0.3 is 0 Å². The third kappa shape index (κ3) is 1.91. The first-order valence-electron chi connectivity index (χ1n) is 5.27. The number of halogens is 1. The number of nitrogens with one attached hydrogen (secondary N) is 2. The second-order valence-electron chi connectivity index (χ2n) is 3.61. The van der Waals surface area contributed by atoms with Crippen LogP contribution in [0.1, 0.15) is 12.6 Å². The highest BCUT2D eigenvalue weighted by Crippen LogP contribution is 2.29. The predicted octanol–water partition coefficient (Wildman–Crippen LogP) is 2.96. The average Bonchev–Trinajstić information content (AvgIpc) is 2.60. The SMILES string of the molecule is CCNc1n[nH]c(C)c1-c1cccc(F)c1. The molecule has 2 aromatic rings. The summed E-state index contributed by atoms with van der Waals surface area (Å²) in [7, 11) is 0. The van der Waals surface area contributed by atoms with Gasteiger partial charge < -0.3 is 5.32 Å². The average molecular weight is 219 g/mol. The summed E-state index contributed by atoms with van der Waals surface area (Å²) in [5.74, 6) is 0.533. The minimum atomic E-state index is -0.236. The van der Waals surface area contributed by atoms with Gasteiger partial charge in [0.05, 0.1) is 0 Å². The number of hydrogen-bond acceptors (Lipinski definition) is 2. The molecule has 4 heteroatoms. The predicted molar refractivity (Wildman–Crippen MR) is 62.9 cm³/mol. The Bertz CT molecular complexity index is 491. The molecule has 0 atom stereocenters. The monoisotopic (exact) mass is 219 g/mol. The minimum absolute atomic E-state index is 0.236. The van der Waals surface area contributed by atoms with Gasteiger partial charge in [-0.05, 0) is 31.5 Å². The zero-order valence-corrected chi connectivity index (χ0v) is 9.34. The van der Waals surface area contributed by atoms with E-state index in [2.05, 4.69) is 15.5 Å². The van der Waals surface area contributed by atoms with E-state index in [9.17, 15) is 4.39 Å². The van der Waals surface area contributed by atoms with Crippen LogP contribution < -0.4 is 5.32 Å². The largest absolute Gasteiger partial charge is 0.368 e. The number of nitrogens with zero attached hydrogens (tertiary/aromatic N) is 1. The van der Waals surface area contributed by atoms with E-state index in [-0.39, 0.29) is 5.82 Å². The van der Waals surface area contributed by atoms with Crippen molar-refractivity contribution >= 4 is 5.82 Å². The molecule has 0 aliphatic carbocycles. The molecule has 0 spiro atoms. The van der Waals surface area contributed by atoms with E-state index in [1.165, 1.54) is 12.1 Å². The normalized spacial score (nSPS) is 10.4. The van der Waals surface area contributed by atoms with E-state index in [1.807, 2.05) is 19.9 Å². The summed E-state index contributed by atoms with van der Waals surface area (Å²) in [4.78, 5) is 0. The van der Waals surface area contributed by atoms with E-state index < -0.39 is 0 Å². The Balaban J connectivity index is 2.50. The molecule has 84 valence electrons. The number of rotatable bonds is 3. The van der Waals surface area contributed by atoms with E-state index in [0.29, 0.717) is 0 Å². The number of benzene rings is 1. The molecule has 16 heavy (non-hydrogen) atoms. The summed E-state index contributed by atoms with van der Waals surface area (Å²) in [6, 6.07) is 6.53. The lowest BCUT2D eigenvalue weighted by atomic mass is 10.1. The fourth-order valence-corrected chi connectivity index (χ4v) is 1.72. The van der Waals surface area contributed by atoms with Crippen LogP contribution >= 0.6 is 0 Å². The van der Waals surface area contributed by atoms with Crippen LogP contribution in [0.2, 0.25) is 0 Å². The van der Waals surface area contributed by atoms with Crippen molar-refractivity contribution in [3.05, 3.63) is 35.8 Å². The maximum absolute atomic E-state index is 13.2. The van der Waals surface area contributed by atoms with E-state index >= 15 is 0 Å². The Hall–Kier alpha value is -1.84. The molecule has 2 N–H and O–H groups in total. The van der Waals surface area contributed by atoms with Gasteiger partial charge in [-0.15, -0.1) is 0 Å². The first-order valence-corrected chi connectivity index (χ1v) is 5.27. The maximum Gasteiger partial charge on any atom is 0.155 e. The van der Waals surface area contributed by atoms with Crippen molar-refractivity contribution in [1.29, 1.82) is 0 Å². The number of aryl methyl sites for hydroxylation is 1. The number of anilines is 1. The van der Waals surface area contributed by atoms with Crippen molar-refractivity contribution < 1.29 is 4.39 Å². The fraction of sp³-hybridized carbons (Fsp3) is 0.250. The number of aromatic amines is 1. The van der Waals surface area contributed by atoms with Crippen LogP contribution in [-0.4, -0.2) is 16.7 Å². The Morgan fingerprint density at radius 1 is 1.44 bits per heavy atom. The molecule has 1 heterocycles. The molecule has 0 fully saturated rings. The zero-order chi connectivity index (χ0) is 11.5. The van der Waals surface area contributed by atoms with Crippen LogP contribution in [0.4, 0.5) is 10.2 Å². The van der Waals surface area contributed by atoms with Crippen LogP contribution in [0.5, 0.6) is 0 Å². The third-order valence-corrected chi connectivity index (χ3v) is 2.40. The van der Waals surface area contributed by atoms with Gasteiger partial charge in [0.15, 0.2) is 5.82 Å². The van der Waals surface area contributed by atoms with Gasteiger partial charge in [0.1, 0.15) is 5.82 Å². The highest BCUT2D eigenvalue weighted by atomic mass is 19.1. The summed E-state index contributed by atoms with van der Waals surface area (Å²) in [5, 5.41) is 10.2. The number of hydrogen-bond donors (Lipinski definition) is 2. The number of aromatic nitrogens is 2. The van der Waals surface area contributed by atoms with Gasteiger partial charge in [-0.1, -0.05) is 12.1 Å². The summed E-state index contributed by atoms with van der Waals surface area (Å²) in [6.07, 6.45) is 0. The van der Waals surface area contributed by atoms with Crippen LogP contribution in [-0.2, 0) is 0 Å². The zero-order valence-electron chi connectivity index (χ0n) is 9.34.